The molecule has 2 rings (SSSR count). The molecule has 0 heterocycles. The highest BCUT2D eigenvalue weighted by atomic mass is 16.5. The van der Waals surface area contributed by atoms with Crippen molar-refractivity contribution >= 4 is 23.5 Å². The zero-order valence-corrected chi connectivity index (χ0v) is 14.1. The molecule has 0 bridgehead atoms. The number of ketones is 1. The van der Waals surface area contributed by atoms with Crippen LogP contribution in [-0.2, 0) is 16.1 Å². The van der Waals surface area contributed by atoms with Gasteiger partial charge in [0.1, 0.15) is 12.6 Å². The SMILES string of the molecule is CC(=O)c1cccc(NC(=O)[C@H](C)NC(=O)OCc2ccccc2)c1. The number of amides is 2. The van der Waals surface area contributed by atoms with Gasteiger partial charge in [-0.15, -0.1) is 0 Å². The normalized spacial score (nSPS) is 11.3. The zero-order chi connectivity index (χ0) is 18.2. The average Bonchev–Trinajstić information content (AvgIpc) is 2.61. The number of benzene rings is 2. The summed E-state index contributed by atoms with van der Waals surface area (Å²) < 4.78 is 5.07. The van der Waals surface area contributed by atoms with Gasteiger partial charge >= 0.3 is 6.09 Å². The fourth-order valence-corrected chi connectivity index (χ4v) is 2.07. The number of hydrogen-bond donors (Lipinski definition) is 2. The molecule has 0 spiro atoms. The molecule has 0 aliphatic rings. The van der Waals surface area contributed by atoms with Crippen molar-refractivity contribution in [2.45, 2.75) is 26.5 Å². The minimum atomic E-state index is -0.788. The van der Waals surface area contributed by atoms with Gasteiger partial charge in [0, 0.05) is 11.3 Å². The van der Waals surface area contributed by atoms with Crippen molar-refractivity contribution in [2.75, 3.05) is 5.32 Å². The zero-order valence-electron chi connectivity index (χ0n) is 14.1. The van der Waals surface area contributed by atoms with E-state index in [1.165, 1.54) is 6.92 Å². The van der Waals surface area contributed by atoms with Gasteiger partial charge in [-0.05, 0) is 31.5 Å². The number of nitrogens with one attached hydrogen (secondary N) is 2. The number of carbonyl (C=O) groups is 3. The molecule has 0 fully saturated rings. The fraction of sp³-hybridized carbons (Fsp3) is 0.211. The van der Waals surface area contributed by atoms with Crippen LogP contribution < -0.4 is 10.6 Å². The summed E-state index contributed by atoms with van der Waals surface area (Å²) in [6.45, 7) is 3.13. The third kappa shape index (κ3) is 5.76. The van der Waals surface area contributed by atoms with Crippen LogP contribution in [0, 0.1) is 0 Å². The number of carbonyl (C=O) groups excluding carboxylic acids is 3. The first-order chi connectivity index (χ1) is 12.0. The van der Waals surface area contributed by atoms with Crippen molar-refractivity contribution in [2.24, 2.45) is 0 Å². The van der Waals surface area contributed by atoms with Crippen LogP contribution in [0.5, 0.6) is 0 Å². The van der Waals surface area contributed by atoms with Crippen molar-refractivity contribution in [3.63, 3.8) is 0 Å². The monoisotopic (exact) mass is 340 g/mol. The van der Waals surface area contributed by atoms with Crippen LogP contribution in [0.1, 0.15) is 29.8 Å². The molecule has 6 heteroatoms. The van der Waals surface area contributed by atoms with Crippen LogP contribution in [0.4, 0.5) is 10.5 Å². The van der Waals surface area contributed by atoms with Gasteiger partial charge in [0.2, 0.25) is 5.91 Å². The number of ether oxygens (including phenoxy) is 1. The summed E-state index contributed by atoms with van der Waals surface area (Å²) >= 11 is 0. The summed E-state index contributed by atoms with van der Waals surface area (Å²) in [4.78, 5) is 35.3. The molecular weight excluding hydrogens is 320 g/mol. The highest BCUT2D eigenvalue weighted by molar-refractivity contribution is 5.99. The second kappa shape index (κ2) is 8.63. The highest BCUT2D eigenvalue weighted by Crippen LogP contribution is 2.11. The summed E-state index contributed by atoms with van der Waals surface area (Å²) in [5, 5.41) is 5.12. The lowest BCUT2D eigenvalue weighted by atomic mass is 10.1. The van der Waals surface area contributed by atoms with Crippen LogP contribution in [0.15, 0.2) is 54.6 Å². The van der Waals surface area contributed by atoms with Gasteiger partial charge in [0.15, 0.2) is 5.78 Å². The fourth-order valence-electron chi connectivity index (χ4n) is 2.07. The molecule has 2 aromatic carbocycles. The summed E-state index contributed by atoms with van der Waals surface area (Å²) in [6, 6.07) is 15.1. The lowest BCUT2D eigenvalue weighted by Gasteiger charge is -2.14. The van der Waals surface area contributed by atoms with E-state index in [1.54, 1.807) is 31.2 Å². The predicted molar refractivity (Wildman–Crippen MR) is 94.3 cm³/mol. The van der Waals surface area contributed by atoms with E-state index in [1.807, 2.05) is 30.3 Å². The van der Waals surface area contributed by atoms with Gasteiger partial charge in [-0.3, -0.25) is 9.59 Å². The highest BCUT2D eigenvalue weighted by Gasteiger charge is 2.16. The predicted octanol–water partition coefficient (Wildman–Crippen LogP) is 3.14. The van der Waals surface area contributed by atoms with Gasteiger partial charge in [-0.25, -0.2) is 4.79 Å². The molecule has 0 saturated heterocycles. The van der Waals surface area contributed by atoms with E-state index >= 15 is 0 Å². The molecule has 0 saturated carbocycles. The molecule has 0 aromatic heterocycles. The van der Waals surface area contributed by atoms with Crippen LogP contribution in [0.3, 0.4) is 0 Å². The van der Waals surface area contributed by atoms with Crippen LogP contribution in [0.25, 0.3) is 0 Å². The maximum absolute atomic E-state index is 12.1. The van der Waals surface area contributed by atoms with Crippen molar-refractivity contribution in [3.8, 4) is 0 Å². The largest absolute Gasteiger partial charge is 0.445 e. The van der Waals surface area contributed by atoms with E-state index < -0.39 is 18.0 Å². The first-order valence-electron chi connectivity index (χ1n) is 7.85. The Labute approximate surface area is 146 Å². The van der Waals surface area contributed by atoms with Gasteiger partial charge in [0.25, 0.3) is 0 Å². The smallest absolute Gasteiger partial charge is 0.408 e. The van der Waals surface area contributed by atoms with Gasteiger partial charge in [-0.1, -0.05) is 42.5 Å². The molecule has 0 aliphatic heterocycles. The molecule has 0 aliphatic carbocycles. The van der Waals surface area contributed by atoms with Crippen LogP contribution in [-0.4, -0.2) is 23.8 Å². The number of alkyl carbamates (subject to hydrolysis) is 1. The number of hydrogen-bond acceptors (Lipinski definition) is 4. The minimum absolute atomic E-state index is 0.0910. The van der Waals surface area contributed by atoms with E-state index in [-0.39, 0.29) is 12.4 Å². The molecule has 130 valence electrons. The van der Waals surface area contributed by atoms with E-state index in [0.29, 0.717) is 11.3 Å². The Hall–Kier alpha value is -3.15. The summed E-state index contributed by atoms with van der Waals surface area (Å²) in [6.07, 6.45) is -0.677. The lowest BCUT2D eigenvalue weighted by Crippen LogP contribution is -2.41. The molecule has 6 nitrogen and oxygen atoms in total. The molecule has 0 radical (unpaired) electrons. The van der Waals surface area contributed by atoms with E-state index in [9.17, 15) is 14.4 Å². The number of rotatable bonds is 6. The van der Waals surface area contributed by atoms with Crippen molar-refractivity contribution in [3.05, 3.63) is 65.7 Å². The summed E-state index contributed by atoms with van der Waals surface area (Å²) in [5.74, 6) is -0.496. The Bertz CT molecular complexity index is 759. The van der Waals surface area contributed by atoms with Gasteiger partial charge in [-0.2, -0.15) is 0 Å². The second-order valence-electron chi connectivity index (χ2n) is 5.55. The molecule has 2 amide bonds. The molecule has 2 N–H and O–H groups in total. The number of anilines is 1. The van der Waals surface area contributed by atoms with Gasteiger partial charge in [0.05, 0.1) is 0 Å². The third-order valence-corrected chi connectivity index (χ3v) is 3.48. The Balaban J connectivity index is 1.84. The maximum Gasteiger partial charge on any atom is 0.408 e. The lowest BCUT2D eigenvalue weighted by molar-refractivity contribution is -0.117. The van der Waals surface area contributed by atoms with E-state index in [4.69, 9.17) is 4.74 Å². The Morgan fingerprint density at radius 3 is 2.44 bits per heavy atom. The Morgan fingerprint density at radius 2 is 1.76 bits per heavy atom. The van der Waals surface area contributed by atoms with Crippen molar-refractivity contribution < 1.29 is 19.1 Å². The standard InChI is InChI=1S/C19H20N2O4/c1-13(20-19(24)25-12-15-7-4-3-5-8-15)18(23)21-17-10-6-9-16(11-17)14(2)22/h3-11,13H,12H2,1-2H3,(H,20,24)(H,21,23)/t13-/m0/s1. The quantitative estimate of drug-likeness (QED) is 0.791. The van der Waals surface area contributed by atoms with E-state index in [2.05, 4.69) is 10.6 Å². The molecule has 25 heavy (non-hydrogen) atoms. The first-order valence-corrected chi connectivity index (χ1v) is 7.85. The molecule has 1 atom stereocenters. The third-order valence-electron chi connectivity index (χ3n) is 3.48. The van der Waals surface area contributed by atoms with Crippen molar-refractivity contribution in [1.29, 1.82) is 0 Å². The van der Waals surface area contributed by atoms with Crippen LogP contribution in [0.2, 0.25) is 0 Å². The molecule has 0 unspecified atom stereocenters. The van der Waals surface area contributed by atoms with Crippen LogP contribution >= 0.6 is 0 Å². The molecule has 2 aromatic rings. The molecular formula is C19H20N2O4. The van der Waals surface area contributed by atoms with Gasteiger partial charge < -0.3 is 15.4 Å². The Morgan fingerprint density at radius 1 is 1.04 bits per heavy atom. The average molecular weight is 340 g/mol. The van der Waals surface area contributed by atoms with E-state index in [0.717, 1.165) is 5.56 Å². The first kappa shape index (κ1) is 18.2. The maximum atomic E-state index is 12.1. The Kier molecular flexibility index (Phi) is 6.28. The topological polar surface area (TPSA) is 84.5 Å². The minimum Gasteiger partial charge on any atom is -0.445 e. The number of Topliss-reactive ketones (excluding diaryl/α,β-unsaturated/α-hetero) is 1. The summed E-state index contributed by atoms with van der Waals surface area (Å²) in [5.41, 5.74) is 1.85. The summed E-state index contributed by atoms with van der Waals surface area (Å²) in [7, 11) is 0. The van der Waals surface area contributed by atoms with Crippen molar-refractivity contribution in [1.82, 2.24) is 5.32 Å². The second-order valence-corrected chi connectivity index (χ2v) is 5.55.